The van der Waals surface area contributed by atoms with Crippen molar-refractivity contribution in [3.8, 4) is 0 Å². The number of amides is 1. The van der Waals surface area contributed by atoms with E-state index in [2.05, 4.69) is 20.3 Å². The standard InChI is InChI=1S/C15H11N5O/c21-15(11-2-1-6-20-7-5-16-14(11)20)19-10-3-4-12-13(8-10)18-9-17-12/h1-9H,(H,17,18)(H,19,21). The Labute approximate surface area is 119 Å². The van der Waals surface area contributed by atoms with Crippen LogP contribution in [0.2, 0.25) is 0 Å². The van der Waals surface area contributed by atoms with E-state index in [1.807, 2.05) is 41.1 Å². The number of aromatic nitrogens is 4. The first-order chi connectivity index (χ1) is 10.3. The topological polar surface area (TPSA) is 75.1 Å². The molecule has 0 unspecified atom stereocenters. The van der Waals surface area contributed by atoms with Gasteiger partial charge in [-0.05, 0) is 30.3 Å². The van der Waals surface area contributed by atoms with Crippen LogP contribution in [0.25, 0.3) is 16.7 Å². The maximum Gasteiger partial charge on any atom is 0.259 e. The second-order valence-electron chi connectivity index (χ2n) is 4.67. The summed E-state index contributed by atoms with van der Waals surface area (Å²) in [6.07, 6.45) is 6.96. The third-order valence-corrected chi connectivity index (χ3v) is 3.34. The summed E-state index contributed by atoms with van der Waals surface area (Å²) in [7, 11) is 0. The van der Waals surface area contributed by atoms with Crippen molar-refractivity contribution in [1.29, 1.82) is 0 Å². The predicted octanol–water partition coefficient (Wildman–Crippen LogP) is 2.46. The van der Waals surface area contributed by atoms with Crippen molar-refractivity contribution in [2.45, 2.75) is 0 Å². The Hall–Kier alpha value is -3.15. The second kappa shape index (κ2) is 4.45. The van der Waals surface area contributed by atoms with E-state index in [1.165, 1.54) is 0 Å². The molecule has 0 atom stereocenters. The molecule has 1 amide bonds. The van der Waals surface area contributed by atoms with Gasteiger partial charge in [0.1, 0.15) is 5.65 Å². The van der Waals surface area contributed by atoms with E-state index in [4.69, 9.17) is 0 Å². The minimum atomic E-state index is -0.189. The molecule has 0 aliphatic heterocycles. The van der Waals surface area contributed by atoms with Gasteiger partial charge in [0, 0.05) is 24.3 Å². The number of fused-ring (bicyclic) bond motifs is 2. The number of imidazole rings is 2. The van der Waals surface area contributed by atoms with Crippen LogP contribution in [-0.2, 0) is 0 Å². The molecule has 6 heteroatoms. The smallest absolute Gasteiger partial charge is 0.259 e. The van der Waals surface area contributed by atoms with Crippen molar-refractivity contribution in [3.05, 3.63) is 60.8 Å². The fourth-order valence-electron chi connectivity index (χ4n) is 2.34. The summed E-state index contributed by atoms with van der Waals surface area (Å²) in [5.74, 6) is -0.189. The molecule has 0 fully saturated rings. The fraction of sp³-hybridized carbons (Fsp3) is 0. The molecule has 0 saturated heterocycles. The van der Waals surface area contributed by atoms with E-state index in [0.29, 0.717) is 16.9 Å². The van der Waals surface area contributed by atoms with Crippen molar-refractivity contribution in [1.82, 2.24) is 19.4 Å². The first-order valence-corrected chi connectivity index (χ1v) is 6.47. The number of nitrogens with one attached hydrogen (secondary N) is 2. The molecule has 0 saturated carbocycles. The molecule has 4 rings (SSSR count). The number of H-pyrrole nitrogens is 1. The highest BCUT2D eigenvalue weighted by atomic mass is 16.1. The van der Waals surface area contributed by atoms with Crippen LogP contribution in [0.15, 0.2) is 55.2 Å². The van der Waals surface area contributed by atoms with Crippen molar-refractivity contribution in [3.63, 3.8) is 0 Å². The van der Waals surface area contributed by atoms with Gasteiger partial charge in [-0.3, -0.25) is 4.79 Å². The molecule has 0 spiro atoms. The summed E-state index contributed by atoms with van der Waals surface area (Å²) in [5.41, 5.74) is 3.63. The molecule has 0 bridgehead atoms. The van der Waals surface area contributed by atoms with Gasteiger partial charge in [0.05, 0.1) is 22.9 Å². The molecule has 102 valence electrons. The molecule has 0 radical (unpaired) electrons. The third-order valence-electron chi connectivity index (χ3n) is 3.34. The molecule has 4 aromatic rings. The maximum atomic E-state index is 12.4. The van der Waals surface area contributed by atoms with Gasteiger partial charge in [-0.25, -0.2) is 9.97 Å². The zero-order valence-electron chi connectivity index (χ0n) is 10.9. The number of pyridine rings is 1. The summed E-state index contributed by atoms with van der Waals surface area (Å²) in [6.45, 7) is 0. The number of hydrogen-bond donors (Lipinski definition) is 2. The highest BCUT2D eigenvalue weighted by Crippen LogP contribution is 2.17. The van der Waals surface area contributed by atoms with Gasteiger partial charge in [-0.2, -0.15) is 0 Å². The lowest BCUT2D eigenvalue weighted by Crippen LogP contribution is -2.13. The number of nitrogens with zero attached hydrogens (tertiary/aromatic N) is 3. The van der Waals surface area contributed by atoms with E-state index in [0.717, 1.165) is 11.0 Å². The van der Waals surface area contributed by atoms with Crippen LogP contribution in [0.1, 0.15) is 10.4 Å². The van der Waals surface area contributed by atoms with Crippen LogP contribution in [-0.4, -0.2) is 25.3 Å². The number of carbonyl (C=O) groups excluding carboxylic acids is 1. The summed E-state index contributed by atoms with van der Waals surface area (Å²) in [5, 5.41) is 2.88. The zero-order valence-corrected chi connectivity index (χ0v) is 10.9. The first kappa shape index (κ1) is 11.7. The molecule has 6 nitrogen and oxygen atoms in total. The highest BCUT2D eigenvalue weighted by molar-refractivity contribution is 6.08. The van der Waals surface area contributed by atoms with Crippen LogP contribution >= 0.6 is 0 Å². The van der Waals surface area contributed by atoms with Crippen LogP contribution in [0, 0.1) is 0 Å². The first-order valence-electron chi connectivity index (χ1n) is 6.47. The number of rotatable bonds is 2. The summed E-state index contributed by atoms with van der Waals surface area (Å²) >= 11 is 0. The largest absolute Gasteiger partial charge is 0.345 e. The van der Waals surface area contributed by atoms with Crippen LogP contribution < -0.4 is 5.32 Å². The van der Waals surface area contributed by atoms with Crippen LogP contribution in [0.5, 0.6) is 0 Å². The number of carbonyl (C=O) groups is 1. The fourth-order valence-corrected chi connectivity index (χ4v) is 2.34. The number of anilines is 1. The summed E-state index contributed by atoms with van der Waals surface area (Å²) in [4.78, 5) is 23.8. The van der Waals surface area contributed by atoms with Crippen LogP contribution in [0.4, 0.5) is 5.69 Å². The van der Waals surface area contributed by atoms with E-state index < -0.39 is 0 Å². The molecule has 3 heterocycles. The average Bonchev–Trinajstić information content (AvgIpc) is 3.14. The minimum Gasteiger partial charge on any atom is -0.345 e. The molecular formula is C15H11N5O. The Morgan fingerprint density at radius 2 is 2.14 bits per heavy atom. The number of benzene rings is 1. The Bertz CT molecular complexity index is 953. The summed E-state index contributed by atoms with van der Waals surface area (Å²) in [6, 6.07) is 9.12. The maximum absolute atomic E-state index is 12.4. The predicted molar refractivity (Wildman–Crippen MR) is 79.2 cm³/mol. The average molecular weight is 277 g/mol. The summed E-state index contributed by atoms with van der Waals surface area (Å²) < 4.78 is 1.81. The Morgan fingerprint density at radius 3 is 3.10 bits per heavy atom. The SMILES string of the molecule is O=C(Nc1ccc2nc[nH]c2c1)c1cccn2ccnc12. The highest BCUT2D eigenvalue weighted by Gasteiger charge is 2.11. The second-order valence-corrected chi connectivity index (χ2v) is 4.67. The van der Waals surface area contributed by atoms with E-state index in [-0.39, 0.29) is 5.91 Å². The van der Waals surface area contributed by atoms with E-state index >= 15 is 0 Å². The molecule has 21 heavy (non-hydrogen) atoms. The van der Waals surface area contributed by atoms with Gasteiger partial charge in [-0.15, -0.1) is 0 Å². The number of aromatic amines is 1. The zero-order chi connectivity index (χ0) is 14.2. The quantitative estimate of drug-likeness (QED) is 0.591. The van der Waals surface area contributed by atoms with Gasteiger partial charge >= 0.3 is 0 Å². The molecular weight excluding hydrogens is 266 g/mol. The lowest BCUT2D eigenvalue weighted by molar-refractivity contribution is 0.102. The van der Waals surface area contributed by atoms with Gasteiger partial charge in [0.25, 0.3) is 5.91 Å². The van der Waals surface area contributed by atoms with Crippen molar-refractivity contribution in [2.24, 2.45) is 0 Å². The third kappa shape index (κ3) is 1.93. The van der Waals surface area contributed by atoms with Gasteiger partial charge in [0.15, 0.2) is 0 Å². The van der Waals surface area contributed by atoms with E-state index in [1.54, 1.807) is 18.6 Å². The molecule has 2 N–H and O–H groups in total. The molecule has 0 aliphatic carbocycles. The molecule has 1 aromatic carbocycles. The van der Waals surface area contributed by atoms with Crippen LogP contribution in [0.3, 0.4) is 0 Å². The van der Waals surface area contributed by atoms with Gasteiger partial charge < -0.3 is 14.7 Å². The van der Waals surface area contributed by atoms with Crippen molar-refractivity contribution >= 4 is 28.3 Å². The monoisotopic (exact) mass is 277 g/mol. The lowest BCUT2D eigenvalue weighted by Gasteiger charge is -2.06. The van der Waals surface area contributed by atoms with Gasteiger partial charge in [-0.1, -0.05) is 0 Å². The Kier molecular flexibility index (Phi) is 2.47. The van der Waals surface area contributed by atoms with Crippen molar-refractivity contribution < 1.29 is 4.79 Å². The lowest BCUT2D eigenvalue weighted by atomic mass is 10.2. The van der Waals surface area contributed by atoms with E-state index in [9.17, 15) is 4.79 Å². The van der Waals surface area contributed by atoms with Gasteiger partial charge in [0.2, 0.25) is 0 Å². The normalized spacial score (nSPS) is 11.0. The molecule has 3 aromatic heterocycles. The Balaban J connectivity index is 1.70. The minimum absolute atomic E-state index is 0.189. The number of hydrogen-bond acceptors (Lipinski definition) is 3. The van der Waals surface area contributed by atoms with Crippen molar-refractivity contribution in [2.75, 3.05) is 5.32 Å². The molecule has 0 aliphatic rings. The Morgan fingerprint density at radius 1 is 1.19 bits per heavy atom.